The van der Waals surface area contributed by atoms with Gasteiger partial charge in [0.1, 0.15) is 0 Å². The lowest BCUT2D eigenvalue weighted by atomic mass is 9.67. The van der Waals surface area contributed by atoms with Gasteiger partial charge in [-0.05, 0) is 37.5 Å². The van der Waals surface area contributed by atoms with Crippen molar-refractivity contribution in [3.8, 4) is 0 Å². The molecule has 4 atom stereocenters. The molecule has 3 nitrogen and oxygen atoms in total. The third-order valence-corrected chi connectivity index (χ3v) is 5.36. The van der Waals surface area contributed by atoms with Gasteiger partial charge in [-0.25, -0.2) is 0 Å². The Balaban J connectivity index is 1.68. The van der Waals surface area contributed by atoms with Crippen LogP contribution in [0.2, 0.25) is 0 Å². The second kappa shape index (κ2) is 8.23. The summed E-state index contributed by atoms with van der Waals surface area (Å²) in [6.07, 6.45) is 9.71. The van der Waals surface area contributed by atoms with E-state index in [1.54, 1.807) is 7.11 Å². The van der Waals surface area contributed by atoms with Gasteiger partial charge in [-0.2, -0.15) is 0 Å². The highest BCUT2D eigenvalue weighted by Gasteiger charge is 2.34. The Labute approximate surface area is 127 Å². The fourth-order valence-corrected chi connectivity index (χ4v) is 4.11. The molecule has 0 aliphatic heterocycles. The number of amides is 1. The van der Waals surface area contributed by atoms with Crippen LogP contribution in [-0.4, -0.2) is 31.5 Å². The van der Waals surface area contributed by atoms with E-state index in [0.717, 1.165) is 31.1 Å². The third kappa shape index (κ3) is 4.63. The van der Waals surface area contributed by atoms with E-state index in [2.05, 4.69) is 5.32 Å². The van der Waals surface area contributed by atoms with E-state index in [-0.39, 0.29) is 17.2 Å². The summed E-state index contributed by atoms with van der Waals surface area (Å²) < 4.78 is 4.99. The number of alkyl halides is 1. The number of rotatable bonds is 6. The maximum atomic E-state index is 12.2. The summed E-state index contributed by atoms with van der Waals surface area (Å²) in [7, 11) is 1.65. The van der Waals surface area contributed by atoms with Gasteiger partial charge in [-0.1, -0.05) is 25.7 Å². The quantitative estimate of drug-likeness (QED) is 0.764. The molecule has 2 rings (SSSR count). The van der Waals surface area contributed by atoms with Gasteiger partial charge in [-0.15, -0.1) is 11.6 Å². The van der Waals surface area contributed by atoms with Crippen molar-refractivity contribution in [3.05, 3.63) is 0 Å². The fourth-order valence-electron chi connectivity index (χ4n) is 3.87. The third-order valence-electron chi connectivity index (χ3n) is 5.01. The Morgan fingerprint density at radius 2 is 2.00 bits per heavy atom. The van der Waals surface area contributed by atoms with Crippen LogP contribution in [0.15, 0.2) is 0 Å². The van der Waals surface area contributed by atoms with Crippen LogP contribution >= 0.6 is 11.6 Å². The second-order valence-corrected chi connectivity index (χ2v) is 7.06. The minimum atomic E-state index is -0.00520. The fraction of sp³-hybridized carbons (Fsp3) is 0.938. The molecule has 0 radical (unpaired) electrons. The van der Waals surface area contributed by atoms with Crippen LogP contribution in [0, 0.1) is 17.8 Å². The molecule has 20 heavy (non-hydrogen) atoms. The van der Waals surface area contributed by atoms with Crippen molar-refractivity contribution >= 4 is 17.5 Å². The van der Waals surface area contributed by atoms with Crippen LogP contribution < -0.4 is 5.32 Å². The first-order valence-corrected chi connectivity index (χ1v) is 8.55. The van der Waals surface area contributed by atoms with E-state index < -0.39 is 0 Å². The molecule has 116 valence electrons. The molecule has 0 spiro atoms. The highest BCUT2D eigenvalue weighted by molar-refractivity contribution is 6.20. The molecule has 4 unspecified atom stereocenters. The van der Waals surface area contributed by atoms with Crippen molar-refractivity contribution < 1.29 is 9.53 Å². The predicted octanol–water partition coefficient (Wildman–Crippen LogP) is 3.35. The van der Waals surface area contributed by atoms with Gasteiger partial charge in [0.05, 0.1) is 12.0 Å². The minimum absolute atomic E-state index is 0.00520. The van der Waals surface area contributed by atoms with Crippen LogP contribution in [0.1, 0.15) is 51.4 Å². The lowest BCUT2D eigenvalue weighted by molar-refractivity contribution is -0.127. The Morgan fingerprint density at radius 1 is 1.25 bits per heavy atom. The summed E-state index contributed by atoms with van der Waals surface area (Å²) in [5.41, 5.74) is 0. The Bertz CT molecular complexity index is 311. The molecule has 0 aromatic heterocycles. The standard InChI is InChI=1S/C16H28ClNO2/c1-20-11-15(17)8-9-18-16(19)14-7-6-12-4-2-3-5-13(12)10-14/h12-15H,2-11H2,1H3,(H,18,19). The maximum absolute atomic E-state index is 12.2. The highest BCUT2D eigenvalue weighted by atomic mass is 35.5. The number of hydrogen-bond donors (Lipinski definition) is 1. The zero-order valence-electron chi connectivity index (χ0n) is 12.6. The summed E-state index contributed by atoms with van der Waals surface area (Å²) in [5.74, 6) is 2.20. The van der Waals surface area contributed by atoms with Crippen LogP contribution in [0.5, 0.6) is 0 Å². The summed E-state index contributed by atoms with van der Waals surface area (Å²) in [6, 6.07) is 0. The average Bonchev–Trinajstić information content (AvgIpc) is 2.47. The zero-order chi connectivity index (χ0) is 14.4. The van der Waals surface area contributed by atoms with E-state index >= 15 is 0 Å². The molecule has 2 saturated carbocycles. The van der Waals surface area contributed by atoms with Crippen molar-refractivity contribution in [2.45, 2.75) is 56.7 Å². The van der Waals surface area contributed by atoms with Crippen LogP contribution in [0.3, 0.4) is 0 Å². The second-order valence-electron chi connectivity index (χ2n) is 6.45. The van der Waals surface area contributed by atoms with Gasteiger partial charge >= 0.3 is 0 Å². The van der Waals surface area contributed by atoms with Crippen molar-refractivity contribution in [1.82, 2.24) is 5.32 Å². The number of hydrogen-bond acceptors (Lipinski definition) is 2. The molecule has 1 amide bonds. The number of nitrogens with one attached hydrogen (secondary N) is 1. The van der Waals surface area contributed by atoms with Gasteiger partial charge in [0.25, 0.3) is 0 Å². The predicted molar refractivity (Wildman–Crippen MR) is 81.9 cm³/mol. The molecule has 0 aromatic carbocycles. The zero-order valence-corrected chi connectivity index (χ0v) is 13.3. The van der Waals surface area contributed by atoms with Gasteiger partial charge < -0.3 is 10.1 Å². The molecule has 0 saturated heterocycles. The van der Waals surface area contributed by atoms with Crippen molar-refractivity contribution in [2.75, 3.05) is 20.3 Å². The molecule has 2 fully saturated rings. The van der Waals surface area contributed by atoms with E-state index in [1.807, 2.05) is 0 Å². The summed E-state index contributed by atoms with van der Waals surface area (Å²) >= 11 is 6.07. The maximum Gasteiger partial charge on any atom is 0.223 e. The monoisotopic (exact) mass is 301 g/mol. The SMILES string of the molecule is COCC(Cl)CCNC(=O)C1CCC2CCCCC2C1. The normalized spacial score (nSPS) is 31.4. The van der Waals surface area contributed by atoms with Gasteiger partial charge in [0.15, 0.2) is 0 Å². The number of fused-ring (bicyclic) bond motifs is 1. The van der Waals surface area contributed by atoms with Crippen molar-refractivity contribution in [1.29, 1.82) is 0 Å². The largest absolute Gasteiger partial charge is 0.383 e. The highest BCUT2D eigenvalue weighted by Crippen LogP contribution is 2.42. The molecular formula is C16H28ClNO2. The van der Waals surface area contributed by atoms with Gasteiger partial charge in [0, 0.05) is 19.6 Å². The molecule has 1 N–H and O–H groups in total. The average molecular weight is 302 g/mol. The minimum Gasteiger partial charge on any atom is -0.383 e. The summed E-state index contributed by atoms with van der Waals surface area (Å²) in [5, 5.41) is 3.05. The van der Waals surface area contributed by atoms with Crippen LogP contribution in [0.25, 0.3) is 0 Å². The van der Waals surface area contributed by atoms with Crippen molar-refractivity contribution in [3.63, 3.8) is 0 Å². The molecule has 2 aliphatic carbocycles. The van der Waals surface area contributed by atoms with E-state index in [1.165, 1.54) is 32.1 Å². The first-order valence-electron chi connectivity index (χ1n) is 8.11. The van der Waals surface area contributed by atoms with Gasteiger partial charge in [0.2, 0.25) is 5.91 Å². The molecular weight excluding hydrogens is 274 g/mol. The Hall–Kier alpha value is -0.280. The van der Waals surface area contributed by atoms with Gasteiger partial charge in [-0.3, -0.25) is 4.79 Å². The smallest absolute Gasteiger partial charge is 0.223 e. The summed E-state index contributed by atoms with van der Waals surface area (Å²) in [6.45, 7) is 1.21. The lowest BCUT2D eigenvalue weighted by Crippen LogP contribution is -2.38. The molecule has 0 aromatic rings. The number of ether oxygens (including phenoxy) is 1. The van der Waals surface area contributed by atoms with Crippen LogP contribution in [-0.2, 0) is 9.53 Å². The van der Waals surface area contributed by atoms with E-state index in [4.69, 9.17) is 16.3 Å². The molecule has 0 heterocycles. The number of carbonyl (C=O) groups excluding carboxylic acids is 1. The Kier molecular flexibility index (Phi) is 6.63. The number of methoxy groups -OCH3 is 1. The van der Waals surface area contributed by atoms with Crippen molar-refractivity contribution in [2.24, 2.45) is 17.8 Å². The first-order chi connectivity index (χ1) is 9.70. The van der Waals surface area contributed by atoms with E-state index in [9.17, 15) is 4.79 Å². The first kappa shape index (κ1) is 16.1. The number of halogens is 1. The van der Waals surface area contributed by atoms with Crippen LogP contribution in [0.4, 0.5) is 0 Å². The van der Waals surface area contributed by atoms with E-state index in [0.29, 0.717) is 13.2 Å². The lowest BCUT2D eigenvalue weighted by Gasteiger charge is -2.38. The Morgan fingerprint density at radius 3 is 2.75 bits per heavy atom. The molecule has 4 heteroatoms. The number of carbonyl (C=O) groups is 1. The summed E-state index contributed by atoms with van der Waals surface area (Å²) in [4.78, 5) is 12.2. The molecule has 0 bridgehead atoms. The topological polar surface area (TPSA) is 38.3 Å². The molecule has 2 aliphatic rings.